The second kappa shape index (κ2) is 12.7. The number of halogens is 1. The van der Waals surface area contributed by atoms with E-state index >= 15 is 0 Å². The van der Waals surface area contributed by atoms with E-state index in [1.165, 1.54) is 11.3 Å². The number of fused-ring (bicyclic) bond motifs is 1. The molecule has 0 bridgehead atoms. The summed E-state index contributed by atoms with van der Waals surface area (Å²) in [7, 11) is 7.31. The maximum Gasteiger partial charge on any atom is 0.240 e. The van der Waals surface area contributed by atoms with Crippen molar-refractivity contribution >= 4 is 45.0 Å². The first-order chi connectivity index (χ1) is 17.0. The Morgan fingerprint density at radius 2 is 1.44 bits per heavy atom. The number of amides is 1. The molecule has 1 heterocycles. The van der Waals surface area contributed by atoms with Crippen LogP contribution in [0.4, 0.5) is 5.13 Å². The number of benzene rings is 3. The minimum Gasteiger partial charge on any atom is -0.493 e. The van der Waals surface area contributed by atoms with E-state index in [1.54, 1.807) is 14.2 Å². The van der Waals surface area contributed by atoms with Gasteiger partial charge < -0.3 is 14.4 Å². The van der Waals surface area contributed by atoms with Crippen molar-refractivity contribution in [1.29, 1.82) is 0 Å². The molecule has 190 valence electrons. The number of ether oxygens (including phenoxy) is 2. The minimum absolute atomic E-state index is 0. The average Bonchev–Trinajstić information content (AvgIpc) is 3.29. The molecule has 0 N–H and O–H groups in total. The molecule has 0 radical (unpaired) electrons. The van der Waals surface area contributed by atoms with E-state index in [0.717, 1.165) is 34.3 Å². The number of aromatic nitrogens is 1. The normalized spacial score (nSPS) is 10.9. The molecule has 1 aromatic heterocycles. The summed E-state index contributed by atoms with van der Waals surface area (Å²) in [5.41, 5.74) is 2.71. The van der Waals surface area contributed by atoms with E-state index in [0.29, 0.717) is 23.2 Å². The van der Waals surface area contributed by atoms with Crippen molar-refractivity contribution < 1.29 is 14.3 Å². The van der Waals surface area contributed by atoms with Gasteiger partial charge in [-0.2, -0.15) is 0 Å². The van der Waals surface area contributed by atoms with Gasteiger partial charge in [0, 0.05) is 18.7 Å². The maximum absolute atomic E-state index is 14.3. The monoisotopic (exact) mass is 525 g/mol. The van der Waals surface area contributed by atoms with Crippen LogP contribution in [-0.2, 0) is 4.79 Å². The van der Waals surface area contributed by atoms with Crippen LogP contribution in [0.5, 0.6) is 11.5 Å². The van der Waals surface area contributed by atoms with Crippen LogP contribution in [0.25, 0.3) is 10.2 Å². The number of hydrogen-bond acceptors (Lipinski definition) is 6. The summed E-state index contributed by atoms with van der Waals surface area (Å²) in [6.07, 6.45) is 0.831. The first-order valence-corrected chi connectivity index (χ1v) is 12.4. The second-order valence-electron chi connectivity index (χ2n) is 8.57. The fourth-order valence-corrected chi connectivity index (χ4v) is 5.14. The third kappa shape index (κ3) is 6.16. The number of nitrogens with zero attached hydrogens (tertiary/aromatic N) is 3. The smallest absolute Gasteiger partial charge is 0.240 e. The van der Waals surface area contributed by atoms with Gasteiger partial charge in [-0.1, -0.05) is 72.0 Å². The van der Waals surface area contributed by atoms with Crippen LogP contribution >= 0.6 is 23.7 Å². The van der Waals surface area contributed by atoms with Gasteiger partial charge in [0.15, 0.2) is 16.6 Å². The van der Waals surface area contributed by atoms with Crippen LogP contribution in [0.1, 0.15) is 23.5 Å². The zero-order valence-electron chi connectivity index (χ0n) is 21.0. The SMILES string of the molecule is COc1cc2nc(N(CCCN(C)C)C(=O)C(c3ccccc3)c3ccccc3)sc2cc1OC.Cl. The summed E-state index contributed by atoms with van der Waals surface area (Å²) in [4.78, 5) is 23.1. The summed E-state index contributed by atoms with van der Waals surface area (Å²) in [5.74, 6) is 0.855. The van der Waals surface area contributed by atoms with Crippen LogP contribution < -0.4 is 14.4 Å². The van der Waals surface area contributed by atoms with Crippen molar-refractivity contribution in [3.63, 3.8) is 0 Å². The van der Waals surface area contributed by atoms with E-state index in [1.807, 2.05) is 91.8 Å². The molecule has 3 aromatic carbocycles. The van der Waals surface area contributed by atoms with Gasteiger partial charge in [0.2, 0.25) is 5.91 Å². The van der Waals surface area contributed by atoms with Gasteiger partial charge in [0.1, 0.15) is 0 Å². The van der Waals surface area contributed by atoms with Gasteiger partial charge in [-0.15, -0.1) is 12.4 Å². The molecule has 8 heteroatoms. The molecule has 36 heavy (non-hydrogen) atoms. The summed E-state index contributed by atoms with van der Waals surface area (Å²) in [6.45, 7) is 1.44. The third-order valence-corrected chi connectivity index (χ3v) is 6.92. The van der Waals surface area contributed by atoms with E-state index in [9.17, 15) is 4.79 Å². The zero-order chi connectivity index (χ0) is 24.8. The Bertz CT molecular complexity index is 1180. The highest BCUT2D eigenvalue weighted by atomic mass is 35.5. The summed E-state index contributed by atoms with van der Waals surface area (Å²) < 4.78 is 11.9. The largest absolute Gasteiger partial charge is 0.493 e. The number of rotatable bonds is 10. The number of thiazole rings is 1. The molecule has 0 aliphatic rings. The Morgan fingerprint density at radius 3 is 1.97 bits per heavy atom. The van der Waals surface area contributed by atoms with E-state index < -0.39 is 5.92 Å². The predicted octanol–water partition coefficient (Wildman–Crippen LogP) is 5.85. The van der Waals surface area contributed by atoms with Crippen molar-refractivity contribution in [3.05, 3.63) is 83.9 Å². The summed E-state index contributed by atoms with van der Waals surface area (Å²) in [5, 5.41) is 0.677. The molecular weight excluding hydrogens is 494 g/mol. The fourth-order valence-electron chi connectivity index (χ4n) is 4.13. The van der Waals surface area contributed by atoms with Crippen molar-refractivity contribution in [2.75, 3.05) is 46.3 Å². The van der Waals surface area contributed by atoms with E-state index in [4.69, 9.17) is 14.5 Å². The van der Waals surface area contributed by atoms with Crippen molar-refractivity contribution in [3.8, 4) is 11.5 Å². The van der Waals surface area contributed by atoms with Crippen LogP contribution in [0.2, 0.25) is 0 Å². The number of carbonyl (C=O) groups is 1. The molecule has 4 aromatic rings. The zero-order valence-corrected chi connectivity index (χ0v) is 22.6. The molecule has 1 amide bonds. The lowest BCUT2D eigenvalue weighted by atomic mass is 9.90. The standard InChI is InChI=1S/C28H31N3O3S.ClH/c1-30(2)16-11-17-31(28-29-22-18-23(33-3)24(34-4)19-25(22)35-28)27(32)26(20-12-7-5-8-13-20)21-14-9-6-10-15-21;/h5-10,12-15,18-19,26H,11,16-17H2,1-4H3;1H. The number of methoxy groups -OCH3 is 2. The summed E-state index contributed by atoms with van der Waals surface area (Å²) in [6, 6.07) is 23.7. The molecule has 0 unspecified atom stereocenters. The summed E-state index contributed by atoms with van der Waals surface area (Å²) >= 11 is 1.49. The first-order valence-electron chi connectivity index (χ1n) is 11.6. The average molecular weight is 526 g/mol. The molecule has 4 rings (SSSR count). The van der Waals surface area contributed by atoms with Crippen LogP contribution in [-0.4, -0.2) is 57.2 Å². The van der Waals surface area contributed by atoms with E-state index in [-0.39, 0.29) is 18.3 Å². The molecule has 6 nitrogen and oxygen atoms in total. The Labute approximate surface area is 222 Å². The second-order valence-corrected chi connectivity index (χ2v) is 9.58. The molecule has 0 fully saturated rings. The molecule has 0 saturated carbocycles. The lowest BCUT2D eigenvalue weighted by molar-refractivity contribution is -0.119. The van der Waals surface area contributed by atoms with Gasteiger partial charge in [-0.05, 0) is 38.2 Å². The van der Waals surface area contributed by atoms with Crippen molar-refractivity contribution in [1.82, 2.24) is 9.88 Å². The fraction of sp³-hybridized carbons (Fsp3) is 0.286. The number of carbonyl (C=O) groups excluding carboxylic acids is 1. The van der Waals surface area contributed by atoms with Crippen LogP contribution in [0, 0.1) is 0 Å². The maximum atomic E-state index is 14.3. The molecular formula is C28H32ClN3O3S. The number of hydrogen-bond donors (Lipinski definition) is 0. The van der Waals surface area contributed by atoms with Gasteiger partial charge in [0.25, 0.3) is 0 Å². The van der Waals surface area contributed by atoms with Gasteiger partial charge in [-0.3, -0.25) is 9.69 Å². The lowest BCUT2D eigenvalue weighted by Gasteiger charge is -2.26. The Morgan fingerprint density at radius 1 is 0.889 bits per heavy atom. The Hall–Kier alpha value is -3.13. The molecule has 0 spiro atoms. The predicted molar refractivity (Wildman–Crippen MR) is 150 cm³/mol. The molecule has 0 aliphatic carbocycles. The highest BCUT2D eigenvalue weighted by Crippen LogP contribution is 2.38. The Balaban J connectivity index is 0.00000361. The highest BCUT2D eigenvalue weighted by molar-refractivity contribution is 7.22. The quantitative estimate of drug-likeness (QED) is 0.260. The highest BCUT2D eigenvalue weighted by Gasteiger charge is 2.30. The first kappa shape index (κ1) is 27.5. The van der Waals surface area contributed by atoms with Gasteiger partial charge >= 0.3 is 0 Å². The third-order valence-electron chi connectivity index (χ3n) is 5.88. The van der Waals surface area contributed by atoms with Gasteiger partial charge in [0.05, 0.1) is 30.4 Å². The molecule has 0 saturated heterocycles. The van der Waals surface area contributed by atoms with E-state index in [2.05, 4.69) is 4.90 Å². The number of anilines is 1. The minimum atomic E-state index is -0.423. The van der Waals surface area contributed by atoms with Crippen LogP contribution in [0.3, 0.4) is 0 Å². The molecule has 0 aliphatic heterocycles. The topological polar surface area (TPSA) is 54.9 Å². The van der Waals surface area contributed by atoms with Gasteiger partial charge in [-0.25, -0.2) is 4.98 Å². The Kier molecular flexibility index (Phi) is 9.70. The van der Waals surface area contributed by atoms with Crippen molar-refractivity contribution in [2.45, 2.75) is 12.3 Å². The molecule has 0 atom stereocenters. The van der Waals surface area contributed by atoms with Crippen molar-refractivity contribution in [2.24, 2.45) is 0 Å². The van der Waals surface area contributed by atoms with Crippen LogP contribution in [0.15, 0.2) is 72.8 Å². The lowest BCUT2D eigenvalue weighted by Crippen LogP contribution is -2.37.